The molecule has 1 atom stereocenters. The van der Waals surface area contributed by atoms with Crippen molar-refractivity contribution in [2.75, 3.05) is 0 Å². The molecule has 0 radical (unpaired) electrons. The minimum absolute atomic E-state index is 0.0121. The topological polar surface area (TPSA) is 115 Å². The molecular weight excluding hydrogens is 262 g/mol. The molecule has 2 heterocycles. The van der Waals surface area contributed by atoms with Gasteiger partial charge in [0.2, 0.25) is 11.8 Å². The summed E-state index contributed by atoms with van der Waals surface area (Å²) in [5, 5.41) is 5.66. The van der Waals surface area contributed by atoms with Gasteiger partial charge >= 0.3 is 0 Å². The fourth-order valence-electron chi connectivity index (χ4n) is 2.49. The minimum Gasteiger partial charge on any atom is -0.322 e. The molecule has 3 amide bonds. The predicted octanol–water partition coefficient (Wildman–Crippen LogP) is 0.999. The van der Waals surface area contributed by atoms with Crippen LogP contribution < -0.4 is 5.32 Å². The summed E-state index contributed by atoms with van der Waals surface area (Å²) in [6.07, 6.45) is -0.0121. The number of imide groups is 1. The number of carbonyl (C=O) groups is 3. The molecule has 2 aliphatic heterocycles. The molecule has 2 aliphatic rings. The number of nitrogens with one attached hydrogen (secondary N) is 1. The van der Waals surface area contributed by atoms with E-state index in [1.807, 2.05) is 0 Å². The second-order valence-corrected chi connectivity index (χ2v) is 4.60. The fourth-order valence-corrected chi connectivity index (χ4v) is 2.49. The van der Waals surface area contributed by atoms with E-state index in [2.05, 4.69) is 15.3 Å². The van der Waals surface area contributed by atoms with E-state index in [9.17, 15) is 14.4 Å². The Bertz CT molecular complexity index is 692. The van der Waals surface area contributed by atoms with Crippen LogP contribution in [0.1, 0.15) is 22.3 Å². The van der Waals surface area contributed by atoms with Crippen molar-refractivity contribution in [2.24, 2.45) is 5.11 Å². The largest absolute Gasteiger partial charge is 0.322 e. The number of carbonyl (C=O) groups excluding carboxylic acids is 3. The fraction of sp³-hybridized carbons (Fsp3) is 0.250. The Morgan fingerprint density at radius 1 is 1.35 bits per heavy atom. The number of nitrogens with zero attached hydrogens (tertiary/aromatic N) is 4. The molecule has 8 heteroatoms. The van der Waals surface area contributed by atoms with Gasteiger partial charge in [-0.3, -0.25) is 19.7 Å². The van der Waals surface area contributed by atoms with Crippen LogP contribution >= 0.6 is 0 Å². The minimum atomic E-state index is -0.759. The van der Waals surface area contributed by atoms with Gasteiger partial charge in [-0.05, 0) is 23.2 Å². The van der Waals surface area contributed by atoms with Crippen LogP contribution in [0.5, 0.6) is 0 Å². The van der Waals surface area contributed by atoms with Gasteiger partial charge in [0.25, 0.3) is 5.91 Å². The van der Waals surface area contributed by atoms with Gasteiger partial charge < -0.3 is 4.90 Å². The highest BCUT2D eigenvalue weighted by Crippen LogP contribution is 2.30. The Kier molecular flexibility index (Phi) is 2.66. The molecule has 0 spiro atoms. The highest BCUT2D eigenvalue weighted by molar-refractivity contribution is 6.09. The first-order valence-corrected chi connectivity index (χ1v) is 5.93. The van der Waals surface area contributed by atoms with E-state index in [4.69, 9.17) is 5.53 Å². The number of benzene rings is 1. The predicted molar refractivity (Wildman–Crippen MR) is 66.7 cm³/mol. The summed E-state index contributed by atoms with van der Waals surface area (Å²) in [7, 11) is 0. The number of hydrogen-bond donors (Lipinski definition) is 1. The van der Waals surface area contributed by atoms with Crippen molar-refractivity contribution >= 4 is 23.4 Å². The van der Waals surface area contributed by atoms with E-state index in [-0.39, 0.29) is 24.8 Å². The number of fused-ring (bicyclic) bond motifs is 1. The Hall–Kier alpha value is -2.86. The van der Waals surface area contributed by atoms with Crippen LogP contribution in [-0.2, 0) is 16.1 Å². The maximum Gasteiger partial charge on any atom is 0.255 e. The maximum atomic E-state index is 12.2. The molecule has 0 aromatic heterocycles. The SMILES string of the molecule is [N-]=[N+]=Nc1ccc2c(c1)CN(C1CC(=O)NC1=O)C2=O. The highest BCUT2D eigenvalue weighted by atomic mass is 16.2. The molecule has 1 aromatic rings. The first kappa shape index (κ1) is 12.2. The van der Waals surface area contributed by atoms with Crippen molar-refractivity contribution in [2.45, 2.75) is 19.0 Å². The van der Waals surface area contributed by atoms with Gasteiger partial charge in [-0.15, -0.1) is 0 Å². The number of rotatable bonds is 2. The van der Waals surface area contributed by atoms with Gasteiger partial charge in [0.05, 0.1) is 6.42 Å². The molecule has 1 unspecified atom stereocenters. The third-order valence-corrected chi connectivity index (χ3v) is 3.40. The van der Waals surface area contributed by atoms with E-state index in [1.165, 1.54) is 4.90 Å². The van der Waals surface area contributed by atoms with E-state index in [0.717, 1.165) is 0 Å². The van der Waals surface area contributed by atoms with Gasteiger partial charge in [-0.25, -0.2) is 0 Å². The Labute approximate surface area is 113 Å². The maximum absolute atomic E-state index is 12.2. The lowest BCUT2D eigenvalue weighted by molar-refractivity contribution is -0.126. The van der Waals surface area contributed by atoms with Crippen molar-refractivity contribution in [1.29, 1.82) is 0 Å². The second kappa shape index (κ2) is 4.36. The lowest BCUT2D eigenvalue weighted by atomic mass is 10.1. The van der Waals surface area contributed by atoms with Crippen LogP contribution in [0.4, 0.5) is 5.69 Å². The monoisotopic (exact) mass is 271 g/mol. The number of hydrogen-bond acceptors (Lipinski definition) is 4. The summed E-state index contributed by atoms with van der Waals surface area (Å²) in [6.45, 7) is 0.230. The quantitative estimate of drug-likeness (QED) is 0.374. The zero-order valence-corrected chi connectivity index (χ0v) is 10.2. The van der Waals surface area contributed by atoms with Crippen LogP contribution in [0, 0.1) is 0 Å². The molecule has 20 heavy (non-hydrogen) atoms. The van der Waals surface area contributed by atoms with E-state index >= 15 is 0 Å². The standard InChI is InChI=1S/C12H9N5O3/c13-16-15-7-1-2-8-6(3-7)5-17(12(8)20)9-4-10(18)14-11(9)19/h1-3,9H,4-5H2,(H,14,18,19). The van der Waals surface area contributed by atoms with Crippen molar-refractivity contribution in [3.05, 3.63) is 39.8 Å². The van der Waals surface area contributed by atoms with Crippen LogP contribution in [0.2, 0.25) is 0 Å². The van der Waals surface area contributed by atoms with Crippen LogP contribution in [0.3, 0.4) is 0 Å². The molecule has 3 rings (SSSR count). The van der Waals surface area contributed by atoms with Gasteiger partial charge in [-0.1, -0.05) is 11.2 Å². The highest BCUT2D eigenvalue weighted by Gasteiger charge is 2.41. The molecule has 0 saturated carbocycles. The van der Waals surface area contributed by atoms with Gasteiger partial charge in [0.15, 0.2) is 0 Å². The van der Waals surface area contributed by atoms with E-state index < -0.39 is 11.9 Å². The van der Waals surface area contributed by atoms with Crippen molar-refractivity contribution in [3.63, 3.8) is 0 Å². The van der Waals surface area contributed by atoms with Crippen LogP contribution in [0.25, 0.3) is 10.4 Å². The molecular formula is C12H9N5O3. The molecule has 100 valence electrons. The first-order chi connectivity index (χ1) is 9.60. The molecule has 1 N–H and O–H groups in total. The molecule has 8 nitrogen and oxygen atoms in total. The smallest absolute Gasteiger partial charge is 0.255 e. The average molecular weight is 271 g/mol. The molecule has 1 fully saturated rings. The summed E-state index contributed by atoms with van der Waals surface area (Å²) in [6, 6.07) is 3.96. The van der Waals surface area contributed by atoms with Crippen molar-refractivity contribution in [3.8, 4) is 0 Å². The summed E-state index contributed by atoms with van der Waals surface area (Å²) in [5.41, 5.74) is 9.96. The van der Waals surface area contributed by atoms with E-state index in [0.29, 0.717) is 16.8 Å². The average Bonchev–Trinajstić information content (AvgIpc) is 2.90. The lowest BCUT2D eigenvalue weighted by Gasteiger charge is -2.20. The third-order valence-electron chi connectivity index (χ3n) is 3.40. The zero-order chi connectivity index (χ0) is 14.3. The molecule has 1 saturated heterocycles. The Balaban J connectivity index is 1.92. The number of azide groups is 1. The second-order valence-electron chi connectivity index (χ2n) is 4.60. The number of amides is 3. The molecule has 1 aromatic carbocycles. The zero-order valence-electron chi connectivity index (χ0n) is 10.2. The Morgan fingerprint density at radius 2 is 2.15 bits per heavy atom. The normalized spacial score (nSPS) is 20.7. The van der Waals surface area contributed by atoms with Gasteiger partial charge in [-0.2, -0.15) is 0 Å². The van der Waals surface area contributed by atoms with E-state index in [1.54, 1.807) is 18.2 Å². The van der Waals surface area contributed by atoms with Crippen LogP contribution in [0.15, 0.2) is 23.3 Å². The first-order valence-electron chi connectivity index (χ1n) is 5.93. The Morgan fingerprint density at radius 3 is 2.80 bits per heavy atom. The molecule has 0 bridgehead atoms. The summed E-state index contributed by atoms with van der Waals surface area (Å²) < 4.78 is 0. The van der Waals surface area contributed by atoms with Gasteiger partial charge in [0, 0.05) is 22.7 Å². The van der Waals surface area contributed by atoms with Crippen LogP contribution in [-0.4, -0.2) is 28.7 Å². The third kappa shape index (κ3) is 1.79. The summed E-state index contributed by atoms with van der Waals surface area (Å²) >= 11 is 0. The van der Waals surface area contributed by atoms with Gasteiger partial charge in [0.1, 0.15) is 6.04 Å². The summed E-state index contributed by atoms with van der Waals surface area (Å²) in [4.78, 5) is 39.1. The summed E-state index contributed by atoms with van der Waals surface area (Å²) in [5.74, 6) is -1.12. The lowest BCUT2D eigenvalue weighted by Crippen LogP contribution is -2.40. The van der Waals surface area contributed by atoms with Crippen molar-refractivity contribution in [1.82, 2.24) is 10.2 Å². The van der Waals surface area contributed by atoms with Crippen molar-refractivity contribution < 1.29 is 14.4 Å². The molecule has 0 aliphatic carbocycles.